The van der Waals surface area contributed by atoms with Crippen LogP contribution in [0.2, 0.25) is 0 Å². The normalized spacial score (nSPS) is 13.7. The molecule has 106 valence electrons. The van der Waals surface area contributed by atoms with Crippen molar-refractivity contribution in [3.8, 4) is 5.75 Å². The third-order valence-corrected chi connectivity index (χ3v) is 3.16. The largest absolute Gasteiger partial charge is 0.506 e. The van der Waals surface area contributed by atoms with Crippen LogP contribution in [0.5, 0.6) is 5.75 Å². The quantitative estimate of drug-likeness (QED) is 0.703. The van der Waals surface area contributed by atoms with Crippen molar-refractivity contribution in [1.29, 1.82) is 0 Å². The van der Waals surface area contributed by atoms with Crippen molar-refractivity contribution in [1.82, 2.24) is 5.32 Å². The molecule has 1 aliphatic rings. The number of anilines is 1. The van der Waals surface area contributed by atoms with E-state index in [0.717, 1.165) is 24.4 Å². The minimum Gasteiger partial charge on any atom is -0.506 e. The van der Waals surface area contributed by atoms with Gasteiger partial charge in [-0.15, -0.1) is 12.4 Å². The highest BCUT2D eigenvalue weighted by Crippen LogP contribution is 2.27. The first-order valence-corrected chi connectivity index (χ1v) is 6.51. The molecule has 1 saturated carbocycles. The van der Waals surface area contributed by atoms with E-state index >= 15 is 0 Å². The topological polar surface area (TPSA) is 61.4 Å². The monoisotopic (exact) mass is 284 g/mol. The first-order valence-electron chi connectivity index (χ1n) is 6.51. The molecule has 0 heterocycles. The Bertz CT molecular complexity index is 433. The fourth-order valence-corrected chi connectivity index (χ4v) is 1.81. The van der Waals surface area contributed by atoms with Crippen molar-refractivity contribution in [2.75, 3.05) is 18.4 Å². The van der Waals surface area contributed by atoms with Gasteiger partial charge in [-0.2, -0.15) is 0 Å². The maximum atomic E-state index is 11.7. The molecule has 4 nitrogen and oxygen atoms in total. The first-order chi connectivity index (χ1) is 8.69. The molecule has 0 spiro atoms. The van der Waals surface area contributed by atoms with Gasteiger partial charge in [0.2, 0.25) is 5.91 Å². The van der Waals surface area contributed by atoms with E-state index in [-0.39, 0.29) is 24.1 Å². The van der Waals surface area contributed by atoms with E-state index in [9.17, 15) is 9.90 Å². The fraction of sp³-hybridized carbons (Fsp3) is 0.500. The minimum atomic E-state index is -0.112. The minimum absolute atomic E-state index is 0. The zero-order valence-corrected chi connectivity index (χ0v) is 11.9. The summed E-state index contributed by atoms with van der Waals surface area (Å²) < 4.78 is 0. The lowest BCUT2D eigenvalue weighted by Gasteiger charge is -2.09. The van der Waals surface area contributed by atoms with Gasteiger partial charge in [0.05, 0.1) is 12.2 Å². The molecule has 0 bridgehead atoms. The summed E-state index contributed by atoms with van der Waals surface area (Å²) in [4.78, 5) is 11.7. The number of aromatic hydroxyl groups is 1. The zero-order chi connectivity index (χ0) is 13.0. The van der Waals surface area contributed by atoms with E-state index in [4.69, 9.17) is 0 Å². The highest BCUT2D eigenvalue weighted by atomic mass is 35.5. The molecule has 2 rings (SSSR count). The predicted octanol–water partition coefficient (Wildman–Crippen LogP) is 2.31. The molecule has 0 aromatic heterocycles. The van der Waals surface area contributed by atoms with Gasteiger partial charge in [0, 0.05) is 0 Å². The molecule has 1 aromatic rings. The van der Waals surface area contributed by atoms with Gasteiger partial charge in [0.1, 0.15) is 5.75 Å². The van der Waals surface area contributed by atoms with E-state index in [1.165, 1.54) is 12.8 Å². The zero-order valence-electron chi connectivity index (χ0n) is 11.1. The second-order valence-corrected chi connectivity index (χ2v) is 4.83. The van der Waals surface area contributed by atoms with Gasteiger partial charge in [-0.25, -0.2) is 0 Å². The molecule has 1 aromatic carbocycles. The lowest BCUT2D eigenvalue weighted by molar-refractivity contribution is -0.115. The second kappa shape index (κ2) is 7.36. The van der Waals surface area contributed by atoms with E-state index in [2.05, 4.69) is 10.6 Å². The summed E-state index contributed by atoms with van der Waals surface area (Å²) in [7, 11) is 0. The van der Waals surface area contributed by atoms with Crippen LogP contribution < -0.4 is 10.6 Å². The third kappa shape index (κ3) is 5.09. The SMILES string of the molecule is CCc1ccc(O)c(NC(=O)CNCC2CC2)c1.Cl. The van der Waals surface area contributed by atoms with E-state index in [1.807, 2.05) is 19.1 Å². The average Bonchev–Trinajstić information content (AvgIpc) is 3.16. The van der Waals surface area contributed by atoms with Gasteiger partial charge in [-0.3, -0.25) is 4.79 Å². The summed E-state index contributed by atoms with van der Waals surface area (Å²) in [5, 5.41) is 15.5. The molecular formula is C14H21ClN2O2. The van der Waals surface area contributed by atoms with Crippen LogP contribution in [-0.4, -0.2) is 24.1 Å². The number of phenolic OH excluding ortho intramolecular Hbond substituents is 1. The molecular weight excluding hydrogens is 264 g/mol. The Morgan fingerprint density at radius 1 is 1.42 bits per heavy atom. The third-order valence-electron chi connectivity index (χ3n) is 3.16. The second-order valence-electron chi connectivity index (χ2n) is 4.83. The Kier molecular flexibility index (Phi) is 6.12. The molecule has 1 aliphatic carbocycles. The number of halogens is 1. The summed E-state index contributed by atoms with van der Waals surface area (Å²) >= 11 is 0. The van der Waals surface area contributed by atoms with Gasteiger partial charge in [-0.1, -0.05) is 13.0 Å². The molecule has 3 N–H and O–H groups in total. The number of amides is 1. The lowest BCUT2D eigenvalue weighted by atomic mass is 10.1. The predicted molar refractivity (Wildman–Crippen MR) is 79.0 cm³/mol. The van der Waals surface area contributed by atoms with Crippen molar-refractivity contribution in [2.24, 2.45) is 5.92 Å². The van der Waals surface area contributed by atoms with Crippen LogP contribution >= 0.6 is 12.4 Å². The number of nitrogens with one attached hydrogen (secondary N) is 2. The maximum Gasteiger partial charge on any atom is 0.238 e. The summed E-state index contributed by atoms with van der Waals surface area (Å²) in [6.07, 6.45) is 3.42. The first kappa shape index (κ1) is 15.8. The smallest absolute Gasteiger partial charge is 0.238 e. The number of aryl methyl sites for hydroxylation is 1. The molecule has 1 fully saturated rings. The molecule has 0 unspecified atom stereocenters. The highest BCUT2D eigenvalue weighted by Gasteiger charge is 2.20. The van der Waals surface area contributed by atoms with Crippen molar-refractivity contribution < 1.29 is 9.90 Å². The lowest BCUT2D eigenvalue weighted by Crippen LogP contribution is -2.29. The van der Waals surface area contributed by atoms with Crippen molar-refractivity contribution in [3.63, 3.8) is 0 Å². The van der Waals surface area contributed by atoms with Crippen LogP contribution in [-0.2, 0) is 11.2 Å². The summed E-state index contributed by atoms with van der Waals surface area (Å²) in [5.74, 6) is 0.761. The Morgan fingerprint density at radius 3 is 2.79 bits per heavy atom. The van der Waals surface area contributed by atoms with Crippen LogP contribution in [0.4, 0.5) is 5.69 Å². The maximum absolute atomic E-state index is 11.7. The van der Waals surface area contributed by atoms with Crippen LogP contribution in [0.1, 0.15) is 25.3 Å². The Morgan fingerprint density at radius 2 is 2.16 bits per heavy atom. The number of carbonyl (C=O) groups excluding carboxylic acids is 1. The van der Waals surface area contributed by atoms with E-state index in [0.29, 0.717) is 12.2 Å². The van der Waals surface area contributed by atoms with Crippen LogP contribution in [0.15, 0.2) is 18.2 Å². The van der Waals surface area contributed by atoms with Crippen LogP contribution in [0.3, 0.4) is 0 Å². The summed E-state index contributed by atoms with van der Waals surface area (Å²) in [6, 6.07) is 5.29. The molecule has 0 radical (unpaired) electrons. The van der Waals surface area contributed by atoms with Crippen LogP contribution in [0.25, 0.3) is 0 Å². The number of benzene rings is 1. The Hall–Kier alpha value is -1.26. The Balaban J connectivity index is 0.00000180. The van der Waals surface area contributed by atoms with E-state index < -0.39 is 0 Å². The molecule has 0 atom stereocenters. The number of rotatable bonds is 6. The molecule has 19 heavy (non-hydrogen) atoms. The molecule has 5 heteroatoms. The van der Waals surface area contributed by atoms with Crippen LogP contribution in [0, 0.1) is 5.92 Å². The summed E-state index contributed by atoms with van der Waals surface area (Å²) in [5.41, 5.74) is 1.58. The number of phenols is 1. The van der Waals surface area contributed by atoms with Gasteiger partial charge in [-0.05, 0) is 49.4 Å². The average molecular weight is 285 g/mol. The molecule has 1 amide bonds. The highest BCUT2D eigenvalue weighted by molar-refractivity contribution is 5.93. The van der Waals surface area contributed by atoms with Crippen molar-refractivity contribution in [3.05, 3.63) is 23.8 Å². The molecule has 0 aliphatic heterocycles. The van der Waals surface area contributed by atoms with Gasteiger partial charge in [0.15, 0.2) is 0 Å². The van der Waals surface area contributed by atoms with Crippen molar-refractivity contribution >= 4 is 24.0 Å². The number of hydrogen-bond acceptors (Lipinski definition) is 3. The summed E-state index contributed by atoms with van der Waals surface area (Å²) in [6.45, 7) is 3.25. The Labute approximate surface area is 120 Å². The van der Waals surface area contributed by atoms with E-state index in [1.54, 1.807) is 6.07 Å². The fourth-order valence-electron chi connectivity index (χ4n) is 1.81. The standard InChI is InChI=1S/C14H20N2O2.ClH/c1-2-10-5-6-13(17)12(7-10)16-14(18)9-15-8-11-3-4-11;/h5-7,11,15,17H,2-4,8-9H2,1H3,(H,16,18);1H. The van der Waals surface area contributed by atoms with Gasteiger partial charge < -0.3 is 15.7 Å². The number of hydrogen-bond donors (Lipinski definition) is 3. The molecule has 0 saturated heterocycles. The van der Waals surface area contributed by atoms with Gasteiger partial charge in [0.25, 0.3) is 0 Å². The van der Waals surface area contributed by atoms with Crippen molar-refractivity contribution in [2.45, 2.75) is 26.2 Å². The number of carbonyl (C=O) groups is 1. The van der Waals surface area contributed by atoms with Gasteiger partial charge >= 0.3 is 0 Å².